The summed E-state index contributed by atoms with van der Waals surface area (Å²) >= 11 is 2.06. The van der Waals surface area contributed by atoms with Gasteiger partial charge >= 0.3 is 0 Å². The number of non-ortho nitro benzene ring substituents is 1. The van der Waals surface area contributed by atoms with Crippen LogP contribution >= 0.6 is 22.6 Å². The number of amides is 2. The maximum atomic E-state index is 12.4. The van der Waals surface area contributed by atoms with Crippen LogP contribution in [-0.2, 0) is 4.79 Å². The van der Waals surface area contributed by atoms with Crippen LogP contribution in [0.25, 0.3) is 0 Å². The van der Waals surface area contributed by atoms with E-state index in [9.17, 15) is 19.7 Å². The number of carbonyl (C=O) groups excluding carboxylic acids is 2. The molecule has 0 aliphatic carbocycles. The lowest BCUT2D eigenvalue weighted by atomic mass is 10.1. The number of hydrogen-bond acceptors (Lipinski definition) is 7. The number of anilines is 1. The Morgan fingerprint density at radius 3 is 2.44 bits per heavy atom. The maximum Gasteiger partial charge on any atom is 0.271 e. The average molecular weight is 602 g/mol. The first-order valence-corrected chi connectivity index (χ1v) is 11.7. The summed E-state index contributed by atoms with van der Waals surface area (Å²) in [5.74, 6) is -0.0299. The highest BCUT2D eigenvalue weighted by molar-refractivity contribution is 14.1. The zero-order valence-corrected chi connectivity index (χ0v) is 21.9. The van der Waals surface area contributed by atoms with E-state index in [-0.39, 0.29) is 23.8 Å². The lowest BCUT2D eigenvalue weighted by Crippen LogP contribution is -2.20. The van der Waals surface area contributed by atoms with Gasteiger partial charge in [-0.05, 0) is 89.5 Å². The van der Waals surface area contributed by atoms with Gasteiger partial charge in [0.25, 0.3) is 17.5 Å². The van der Waals surface area contributed by atoms with Gasteiger partial charge in [-0.2, -0.15) is 5.10 Å². The zero-order valence-electron chi connectivity index (χ0n) is 19.7. The molecule has 3 aromatic rings. The van der Waals surface area contributed by atoms with Crippen LogP contribution in [0.2, 0.25) is 0 Å². The van der Waals surface area contributed by atoms with Gasteiger partial charge < -0.3 is 14.8 Å². The summed E-state index contributed by atoms with van der Waals surface area (Å²) in [6.45, 7) is 3.76. The molecule has 0 aromatic heterocycles. The molecule has 0 unspecified atom stereocenters. The van der Waals surface area contributed by atoms with E-state index in [2.05, 4.69) is 38.4 Å². The smallest absolute Gasteiger partial charge is 0.271 e. The highest BCUT2D eigenvalue weighted by Gasteiger charge is 2.14. The number of nitrogens with zero attached hydrogens (tertiary/aromatic N) is 2. The van der Waals surface area contributed by atoms with Crippen LogP contribution in [0.4, 0.5) is 11.4 Å². The molecular formula is C25H23IN4O6. The normalized spacial score (nSPS) is 10.7. The highest BCUT2D eigenvalue weighted by atomic mass is 127. The molecule has 0 aliphatic heterocycles. The van der Waals surface area contributed by atoms with Crippen LogP contribution in [0, 0.1) is 27.5 Å². The Bertz CT molecular complexity index is 1320. The molecule has 0 bridgehead atoms. The fourth-order valence-electron chi connectivity index (χ4n) is 3.07. The van der Waals surface area contributed by atoms with E-state index in [1.165, 1.54) is 37.6 Å². The summed E-state index contributed by atoms with van der Waals surface area (Å²) in [6.07, 6.45) is 1.42. The van der Waals surface area contributed by atoms with Crippen molar-refractivity contribution in [1.29, 1.82) is 0 Å². The van der Waals surface area contributed by atoms with Crippen molar-refractivity contribution in [2.45, 2.75) is 13.8 Å². The van der Waals surface area contributed by atoms with Crippen LogP contribution in [0.15, 0.2) is 59.7 Å². The molecule has 3 aromatic carbocycles. The number of nitro benzene ring substituents is 1. The van der Waals surface area contributed by atoms with Crippen molar-refractivity contribution in [1.82, 2.24) is 5.43 Å². The lowest BCUT2D eigenvalue weighted by Gasteiger charge is -2.14. The summed E-state index contributed by atoms with van der Waals surface area (Å²) in [7, 11) is 1.48. The number of benzene rings is 3. The first kappa shape index (κ1) is 26.6. The van der Waals surface area contributed by atoms with Crippen molar-refractivity contribution in [2.75, 3.05) is 19.0 Å². The molecule has 0 heterocycles. The molecule has 186 valence electrons. The Hall–Kier alpha value is -4.00. The molecular weight excluding hydrogens is 579 g/mol. The number of ether oxygens (including phenoxy) is 2. The fourth-order valence-corrected chi connectivity index (χ4v) is 3.85. The number of methoxy groups -OCH3 is 1. The molecule has 0 saturated heterocycles. The average Bonchev–Trinajstić information content (AvgIpc) is 2.85. The minimum atomic E-state index is -0.542. The summed E-state index contributed by atoms with van der Waals surface area (Å²) < 4.78 is 11.8. The Labute approximate surface area is 221 Å². The number of halogens is 1. The van der Waals surface area contributed by atoms with Crippen LogP contribution in [-0.4, -0.2) is 36.7 Å². The largest absolute Gasteiger partial charge is 0.493 e. The molecule has 0 spiro atoms. The number of nitro groups is 1. The summed E-state index contributed by atoms with van der Waals surface area (Å²) in [5, 5.41) is 17.5. The summed E-state index contributed by atoms with van der Waals surface area (Å²) in [5.41, 5.74) is 6.01. The monoisotopic (exact) mass is 602 g/mol. The molecule has 3 rings (SSSR count). The molecule has 11 heteroatoms. The predicted octanol–water partition coefficient (Wildman–Crippen LogP) is 4.61. The van der Waals surface area contributed by atoms with Gasteiger partial charge in [0, 0.05) is 23.4 Å². The predicted molar refractivity (Wildman–Crippen MR) is 144 cm³/mol. The number of carbonyl (C=O) groups is 2. The first-order chi connectivity index (χ1) is 17.2. The summed E-state index contributed by atoms with van der Waals surface area (Å²) in [4.78, 5) is 34.7. The Morgan fingerprint density at radius 2 is 1.81 bits per heavy atom. The van der Waals surface area contributed by atoms with Gasteiger partial charge in [0.2, 0.25) is 0 Å². The topological polar surface area (TPSA) is 132 Å². The standard InChI is InChI=1S/C25H23IN4O6/c1-15-4-7-19(10-16(15)2)28-23(31)14-36-24-21(26)11-17(12-22(24)35-3)13-27-29-25(32)18-5-8-20(9-6-18)30(33)34/h4-13H,14H2,1-3H3,(H,28,31)(H,29,32)/b27-13+. The number of hydrogen-bond donors (Lipinski definition) is 2. The summed E-state index contributed by atoms with van der Waals surface area (Å²) in [6, 6.07) is 14.2. The fraction of sp³-hybridized carbons (Fsp3) is 0.160. The van der Waals surface area contributed by atoms with E-state index in [4.69, 9.17) is 9.47 Å². The minimum absolute atomic E-state index is 0.109. The Kier molecular flexibility index (Phi) is 8.95. The van der Waals surface area contributed by atoms with Crippen molar-refractivity contribution >= 4 is 52.0 Å². The molecule has 36 heavy (non-hydrogen) atoms. The van der Waals surface area contributed by atoms with Gasteiger partial charge in [-0.25, -0.2) is 5.43 Å². The van der Waals surface area contributed by atoms with E-state index < -0.39 is 10.8 Å². The molecule has 0 fully saturated rings. The van der Waals surface area contributed by atoms with Crippen LogP contribution in [0.5, 0.6) is 11.5 Å². The van der Waals surface area contributed by atoms with Crippen LogP contribution in [0.1, 0.15) is 27.0 Å². The van der Waals surface area contributed by atoms with Gasteiger partial charge in [-0.3, -0.25) is 19.7 Å². The third-order valence-corrected chi connectivity index (χ3v) is 5.91. The van der Waals surface area contributed by atoms with E-state index >= 15 is 0 Å². The quantitative estimate of drug-likeness (QED) is 0.159. The van der Waals surface area contributed by atoms with Gasteiger partial charge in [0.05, 0.1) is 21.8 Å². The molecule has 2 amide bonds. The first-order valence-electron chi connectivity index (χ1n) is 10.6. The Balaban J connectivity index is 1.62. The van der Waals surface area contributed by atoms with Crippen molar-refractivity contribution in [3.8, 4) is 11.5 Å². The number of rotatable bonds is 9. The van der Waals surface area contributed by atoms with E-state index in [1.807, 2.05) is 32.0 Å². The van der Waals surface area contributed by atoms with E-state index in [1.54, 1.807) is 12.1 Å². The third-order valence-electron chi connectivity index (χ3n) is 5.11. The molecule has 0 atom stereocenters. The second kappa shape index (κ2) is 12.1. The van der Waals surface area contributed by atoms with Gasteiger partial charge in [0.15, 0.2) is 18.1 Å². The van der Waals surface area contributed by atoms with Gasteiger partial charge in [0.1, 0.15) is 0 Å². The Morgan fingerprint density at radius 1 is 1.08 bits per heavy atom. The highest BCUT2D eigenvalue weighted by Crippen LogP contribution is 2.33. The second-order valence-corrected chi connectivity index (χ2v) is 8.84. The maximum absolute atomic E-state index is 12.4. The van der Waals surface area contributed by atoms with Crippen molar-refractivity contribution < 1.29 is 24.0 Å². The van der Waals surface area contributed by atoms with E-state index in [0.29, 0.717) is 26.3 Å². The number of hydrazone groups is 1. The number of aryl methyl sites for hydroxylation is 2. The van der Waals surface area contributed by atoms with Gasteiger partial charge in [-0.15, -0.1) is 0 Å². The number of nitrogens with one attached hydrogen (secondary N) is 2. The van der Waals surface area contributed by atoms with Crippen LogP contribution < -0.4 is 20.2 Å². The third kappa shape index (κ3) is 7.01. The SMILES string of the molecule is COc1cc(/C=N/NC(=O)c2ccc([N+](=O)[O-])cc2)cc(I)c1OCC(=O)Nc1ccc(C)c(C)c1. The van der Waals surface area contributed by atoms with Crippen molar-refractivity contribution in [2.24, 2.45) is 5.10 Å². The molecule has 0 aliphatic rings. The molecule has 2 N–H and O–H groups in total. The second-order valence-electron chi connectivity index (χ2n) is 7.67. The molecule has 10 nitrogen and oxygen atoms in total. The van der Waals surface area contributed by atoms with E-state index in [0.717, 1.165) is 11.1 Å². The molecule has 0 saturated carbocycles. The van der Waals surface area contributed by atoms with Crippen molar-refractivity contribution in [3.63, 3.8) is 0 Å². The lowest BCUT2D eigenvalue weighted by molar-refractivity contribution is -0.384. The van der Waals surface area contributed by atoms with Gasteiger partial charge in [-0.1, -0.05) is 6.07 Å². The minimum Gasteiger partial charge on any atom is -0.493 e. The molecule has 0 radical (unpaired) electrons. The van der Waals surface area contributed by atoms with Crippen molar-refractivity contribution in [3.05, 3.63) is 90.5 Å². The van der Waals surface area contributed by atoms with Crippen LogP contribution in [0.3, 0.4) is 0 Å². The zero-order chi connectivity index (χ0) is 26.2.